The van der Waals surface area contributed by atoms with Gasteiger partial charge in [0.25, 0.3) is 0 Å². The number of ether oxygens (including phenoxy) is 3. The highest BCUT2D eigenvalue weighted by atomic mass is 16.5. The average Bonchev–Trinajstić information content (AvgIpc) is 2.58. The van der Waals surface area contributed by atoms with Crippen LogP contribution in [0.3, 0.4) is 0 Å². The topological polar surface area (TPSA) is 77.5 Å². The second-order valence-corrected chi connectivity index (χ2v) is 6.03. The van der Waals surface area contributed by atoms with Gasteiger partial charge in [-0.1, -0.05) is 13.8 Å². The zero-order chi connectivity index (χ0) is 18.4. The third kappa shape index (κ3) is 4.89. The van der Waals surface area contributed by atoms with E-state index in [0.29, 0.717) is 29.1 Å². The molecule has 1 heterocycles. The van der Waals surface area contributed by atoms with Crippen LogP contribution in [0.25, 0.3) is 0 Å². The smallest absolute Gasteiger partial charge is 0.229 e. The van der Waals surface area contributed by atoms with Crippen molar-refractivity contribution in [3.63, 3.8) is 0 Å². The Hall–Kier alpha value is -2.70. The van der Waals surface area contributed by atoms with E-state index in [1.165, 1.54) is 0 Å². The number of aryl methyl sites for hydroxylation is 1. The molecule has 1 aromatic heterocycles. The van der Waals surface area contributed by atoms with Gasteiger partial charge >= 0.3 is 0 Å². The molecule has 25 heavy (non-hydrogen) atoms. The highest BCUT2D eigenvalue weighted by molar-refractivity contribution is 5.66. The summed E-state index contributed by atoms with van der Waals surface area (Å²) in [6, 6.07) is 5.55. The normalized spacial score (nSPS) is 10.5. The van der Waals surface area contributed by atoms with Crippen molar-refractivity contribution >= 4 is 17.5 Å². The summed E-state index contributed by atoms with van der Waals surface area (Å²) < 4.78 is 16.1. The van der Waals surface area contributed by atoms with Crippen molar-refractivity contribution in [2.75, 3.05) is 38.5 Å². The van der Waals surface area contributed by atoms with Crippen LogP contribution in [0.15, 0.2) is 18.2 Å². The van der Waals surface area contributed by atoms with Crippen molar-refractivity contribution < 1.29 is 14.2 Å². The molecule has 2 aromatic rings. The second-order valence-electron chi connectivity index (χ2n) is 6.03. The van der Waals surface area contributed by atoms with Gasteiger partial charge in [0.15, 0.2) is 11.5 Å². The molecule has 0 saturated heterocycles. The Morgan fingerprint density at radius 3 is 2.12 bits per heavy atom. The van der Waals surface area contributed by atoms with E-state index in [1.807, 2.05) is 25.1 Å². The van der Waals surface area contributed by atoms with Gasteiger partial charge in [0.1, 0.15) is 5.82 Å². The number of anilines is 3. The predicted octanol–water partition coefficient (Wildman–Crippen LogP) is 3.62. The SMILES string of the molecule is COc1cc(Nc2nc(C)cc(NCC(C)C)n2)cc(OC)c1OC. The largest absolute Gasteiger partial charge is 0.493 e. The van der Waals surface area contributed by atoms with Crippen LogP contribution in [0, 0.1) is 12.8 Å². The minimum Gasteiger partial charge on any atom is -0.493 e. The minimum atomic E-state index is 0.500. The first kappa shape index (κ1) is 18.6. The van der Waals surface area contributed by atoms with Crippen LogP contribution in [-0.4, -0.2) is 37.8 Å². The van der Waals surface area contributed by atoms with Crippen molar-refractivity contribution in [2.24, 2.45) is 5.92 Å². The predicted molar refractivity (Wildman–Crippen MR) is 99.5 cm³/mol. The molecule has 0 saturated carbocycles. The Bertz CT molecular complexity index is 694. The van der Waals surface area contributed by atoms with Gasteiger partial charge in [0.05, 0.1) is 21.3 Å². The molecule has 0 aliphatic carbocycles. The van der Waals surface area contributed by atoms with E-state index in [1.54, 1.807) is 21.3 Å². The molecule has 0 radical (unpaired) electrons. The van der Waals surface area contributed by atoms with Crippen LogP contribution < -0.4 is 24.8 Å². The van der Waals surface area contributed by atoms with E-state index in [9.17, 15) is 0 Å². The van der Waals surface area contributed by atoms with Crippen molar-refractivity contribution in [3.05, 3.63) is 23.9 Å². The standard InChI is InChI=1S/C18H26N4O3/c1-11(2)10-19-16-7-12(3)20-18(22-16)21-13-8-14(23-4)17(25-6)15(9-13)24-5/h7-9,11H,10H2,1-6H3,(H2,19,20,21,22). The van der Waals surface area contributed by atoms with Crippen molar-refractivity contribution in [1.82, 2.24) is 9.97 Å². The maximum atomic E-state index is 5.37. The van der Waals surface area contributed by atoms with Crippen LogP contribution in [0.1, 0.15) is 19.5 Å². The quantitative estimate of drug-likeness (QED) is 0.756. The summed E-state index contributed by atoms with van der Waals surface area (Å²) in [4.78, 5) is 8.94. The number of benzene rings is 1. The van der Waals surface area contributed by atoms with E-state index in [2.05, 4.69) is 34.4 Å². The Kier molecular flexibility index (Phi) is 6.27. The fourth-order valence-corrected chi connectivity index (χ4v) is 2.31. The third-order valence-corrected chi connectivity index (χ3v) is 3.47. The third-order valence-electron chi connectivity index (χ3n) is 3.47. The van der Waals surface area contributed by atoms with Crippen LogP contribution >= 0.6 is 0 Å². The molecule has 2 N–H and O–H groups in total. The molecule has 7 heteroatoms. The molecule has 0 bridgehead atoms. The van der Waals surface area contributed by atoms with E-state index in [0.717, 1.165) is 23.7 Å². The van der Waals surface area contributed by atoms with Gasteiger partial charge in [-0.15, -0.1) is 0 Å². The summed E-state index contributed by atoms with van der Waals surface area (Å²) in [5, 5.41) is 6.51. The summed E-state index contributed by atoms with van der Waals surface area (Å²) in [7, 11) is 4.74. The number of rotatable bonds is 8. The van der Waals surface area contributed by atoms with E-state index >= 15 is 0 Å². The highest BCUT2D eigenvalue weighted by Gasteiger charge is 2.14. The number of nitrogens with zero attached hydrogens (tertiary/aromatic N) is 2. The molecule has 2 rings (SSSR count). The minimum absolute atomic E-state index is 0.500. The number of methoxy groups -OCH3 is 3. The molecule has 1 aromatic carbocycles. The molecule has 0 amide bonds. The summed E-state index contributed by atoms with van der Waals surface area (Å²) >= 11 is 0. The summed E-state index contributed by atoms with van der Waals surface area (Å²) in [6.07, 6.45) is 0. The van der Waals surface area contributed by atoms with Gasteiger partial charge in [-0.25, -0.2) is 4.98 Å². The highest BCUT2D eigenvalue weighted by Crippen LogP contribution is 2.40. The van der Waals surface area contributed by atoms with Gasteiger partial charge in [0, 0.05) is 36.1 Å². The van der Waals surface area contributed by atoms with Gasteiger partial charge in [-0.2, -0.15) is 4.98 Å². The maximum absolute atomic E-state index is 5.37. The lowest BCUT2D eigenvalue weighted by molar-refractivity contribution is 0.324. The van der Waals surface area contributed by atoms with E-state index in [4.69, 9.17) is 14.2 Å². The molecular formula is C18H26N4O3. The zero-order valence-electron chi connectivity index (χ0n) is 15.6. The molecule has 136 valence electrons. The fraction of sp³-hybridized carbons (Fsp3) is 0.444. The molecule has 0 atom stereocenters. The van der Waals surface area contributed by atoms with Crippen LogP contribution in [0.5, 0.6) is 17.2 Å². The first-order valence-electron chi connectivity index (χ1n) is 8.13. The van der Waals surface area contributed by atoms with Gasteiger partial charge in [-0.05, 0) is 12.8 Å². The molecule has 0 aliphatic rings. The lowest BCUT2D eigenvalue weighted by Gasteiger charge is -2.15. The molecule has 0 aliphatic heterocycles. The summed E-state index contributed by atoms with van der Waals surface area (Å²) in [6.45, 7) is 7.08. The van der Waals surface area contributed by atoms with Crippen molar-refractivity contribution in [2.45, 2.75) is 20.8 Å². The first-order valence-corrected chi connectivity index (χ1v) is 8.13. The molecule has 0 fully saturated rings. The summed E-state index contributed by atoms with van der Waals surface area (Å²) in [5.74, 6) is 3.49. The fourth-order valence-electron chi connectivity index (χ4n) is 2.31. The van der Waals surface area contributed by atoms with E-state index in [-0.39, 0.29) is 0 Å². The van der Waals surface area contributed by atoms with Crippen LogP contribution in [-0.2, 0) is 0 Å². The Balaban J connectivity index is 2.29. The number of nitrogens with one attached hydrogen (secondary N) is 2. The molecular weight excluding hydrogens is 320 g/mol. The van der Waals surface area contributed by atoms with Crippen molar-refractivity contribution in [3.8, 4) is 17.2 Å². The van der Waals surface area contributed by atoms with Gasteiger partial charge in [-0.3, -0.25) is 0 Å². The zero-order valence-corrected chi connectivity index (χ0v) is 15.6. The molecule has 0 unspecified atom stereocenters. The van der Waals surface area contributed by atoms with Crippen molar-refractivity contribution in [1.29, 1.82) is 0 Å². The molecule has 7 nitrogen and oxygen atoms in total. The Morgan fingerprint density at radius 2 is 1.60 bits per heavy atom. The number of aromatic nitrogens is 2. The van der Waals surface area contributed by atoms with Crippen LogP contribution in [0.2, 0.25) is 0 Å². The Morgan fingerprint density at radius 1 is 0.960 bits per heavy atom. The van der Waals surface area contributed by atoms with Gasteiger partial charge < -0.3 is 24.8 Å². The lowest BCUT2D eigenvalue weighted by atomic mass is 10.2. The number of hydrogen-bond donors (Lipinski definition) is 2. The first-order chi connectivity index (χ1) is 12.0. The monoisotopic (exact) mass is 346 g/mol. The lowest BCUT2D eigenvalue weighted by Crippen LogP contribution is -2.11. The van der Waals surface area contributed by atoms with E-state index < -0.39 is 0 Å². The van der Waals surface area contributed by atoms with Crippen LogP contribution in [0.4, 0.5) is 17.5 Å². The average molecular weight is 346 g/mol. The number of hydrogen-bond acceptors (Lipinski definition) is 7. The molecule has 0 spiro atoms. The second kappa shape index (κ2) is 8.41. The maximum Gasteiger partial charge on any atom is 0.229 e. The summed E-state index contributed by atoms with van der Waals surface area (Å²) in [5.41, 5.74) is 1.62. The Labute approximate surface area is 148 Å². The van der Waals surface area contributed by atoms with Gasteiger partial charge in [0.2, 0.25) is 11.7 Å².